The molecule has 7 heteroatoms. The Hall–Kier alpha value is -0.820. The highest BCUT2D eigenvalue weighted by atomic mass is 79.9. The van der Waals surface area contributed by atoms with Crippen molar-refractivity contribution >= 4 is 34.2 Å². The zero-order chi connectivity index (χ0) is 16.2. The minimum absolute atomic E-state index is 0. The van der Waals surface area contributed by atoms with Crippen molar-refractivity contribution in [3.8, 4) is 5.75 Å². The van der Waals surface area contributed by atoms with Gasteiger partial charge < -0.3 is 15.0 Å². The van der Waals surface area contributed by atoms with Crippen LogP contribution in [0.2, 0.25) is 0 Å². The largest absolute Gasteiger partial charge is 0.481 e. The van der Waals surface area contributed by atoms with E-state index in [2.05, 4.69) is 26.1 Å². The Bertz CT molecular complexity index is 537. The van der Waals surface area contributed by atoms with Crippen LogP contribution in [0.15, 0.2) is 28.7 Å². The molecule has 1 aromatic carbocycles. The summed E-state index contributed by atoms with van der Waals surface area (Å²) in [5.74, 6) is 0.817. The minimum atomic E-state index is -0.446. The number of nitrogens with one attached hydrogen (secondary N) is 1. The zero-order valence-electron chi connectivity index (χ0n) is 13.9. The molecule has 1 amide bonds. The number of nitrogens with zero attached hydrogens (tertiary/aromatic N) is 2. The van der Waals surface area contributed by atoms with Gasteiger partial charge in [-0.1, -0.05) is 15.9 Å². The van der Waals surface area contributed by atoms with Crippen molar-refractivity contribution in [1.29, 1.82) is 0 Å². The van der Waals surface area contributed by atoms with Gasteiger partial charge in [-0.05, 0) is 37.6 Å². The number of rotatable bonds is 4. The van der Waals surface area contributed by atoms with E-state index in [1.807, 2.05) is 36.1 Å². The maximum absolute atomic E-state index is 12.6. The number of carbonyl (C=O) groups is 1. The van der Waals surface area contributed by atoms with Gasteiger partial charge in [0.1, 0.15) is 5.75 Å². The van der Waals surface area contributed by atoms with E-state index < -0.39 is 6.10 Å². The van der Waals surface area contributed by atoms with Crippen LogP contribution in [0.1, 0.15) is 13.3 Å². The number of hydrogen-bond donors (Lipinski definition) is 1. The number of ether oxygens (including phenoxy) is 1. The van der Waals surface area contributed by atoms with Crippen LogP contribution >= 0.6 is 28.3 Å². The van der Waals surface area contributed by atoms with E-state index in [4.69, 9.17) is 4.74 Å². The first-order valence-electron chi connectivity index (χ1n) is 8.29. The quantitative estimate of drug-likeness (QED) is 0.814. The summed E-state index contributed by atoms with van der Waals surface area (Å²) in [6.45, 7) is 7.76. The standard InChI is InChI=1S/C17H24BrN3O2.ClH/c1-13(23-16-4-2-14(18)3-5-16)17(22)21-9-6-15(12-21)20-10-7-19-8-11-20;/h2-5,13,15,19H,6-12H2,1H3;1H. The van der Waals surface area contributed by atoms with Crippen LogP contribution in [0.4, 0.5) is 0 Å². The predicted octanol–water partition coefficient (Wildman–Crippen LogP) is 2.14. The van der Waals surface area contributed by atoms with E-state index in [-0.39, 0.29) is 18.3 Å². The Morgan fingerprint density at radius 2 is 1.92 bits per heavy atom. The third-order valence-corrected chi connectivity index (χ3v) is 5.15. The molecule has 134 valence electrons. The van der Waals surface area contributed by atoms with Crippen LogP contribution < -0.4 is 10.1 Å². The molecule has 2 aliphatic heterocycles. The molecule has 3 rings (SSSR count). The first kappa shape index (κ1) is 19.5. The van der Waals surface area contributed by atoms with Gasteiger partial charge in [0.15, 0.2) is 6.10 Å². The summed E-state index contributed by atoms with van der Waals surface area (Å²) >= 11 is 3.40. The van der Waals surface area contributed by atoms with Crippen molar-refractivity contribution < 1.29 is 9.53 Å². The Morgan fingerprint density at radius 3 is 2.58 bits per heavy atom. The fraction of sp³-hybridized carbons (Fsp3) is 0.588. The van der Waals surface area contributed by atoms with Crippen LogP contribution in [-0.4, -0.2) is 67.1 Å². The Labute approximate surface area is 158 Å². The predicted molar refractivity (Wildman–Crippen MR) is 101 cm³/mol. The van der Waals surface area contributed by atoms with Crippen LogP contribution in [0, 0.1) is 0 Å². The lowest BCUT2D eigenvalue weighted by molar-refractivity contribution is -0.137. The monoisotopic (exact) mass is 417 g/mol. The molecule has 0 aliphatic carbocycles. The summed E-state index contributed by atoms with van der Waals surface area (Å²) in [7, 11) is 0. The van der Waals surface area contributed by atoms with Crippen LogP contribution in [-0.2, 0) is 4.79 Å². The van der Waals surface area contributed by atoms with Gasteiger partial charge in [0.2, 0.25) is 0 Å². The van der Waals surface area contributed by atoms with Gasteiger partial charge in [-0.15, -0.1) is 12.4 Å². The average Bonchev–Trinajstić information content (AvgIpc) is 3.07. The second-order valence-electron chi connectivity index (χ2n) is 6.23. The van der Waals surface area contributed by atoms with E-state index in [0.717, 1.165) is 55.9 Å². The fourth-order valence-electron chi connectivity index (χ4n) is 3.31. The topological polar surface area (TPSA) is 44.8 Å². The molecule has 5 nitrogen and oxygen atoms in total. The molecule has 0 bridgehead atoms. The molecule has 2 heterocycles. The van der Waals surface area contributed by atoms with E-state index >= 15 is 0 Å². The van der Waals surface area contributed by atoms with E-state index in [1.54, 1.807) is 0 Å². The lowest BCUT2D eigenvalue weighted by Gasteiger charge is -2.32. The Kier molecular flexibility index (Phi) is 7.34. The Morgan fingerprint density at radius 1 is 1.25 bits per heavy atom. The number of amides is 1. The normalized spacial score (nSPS) is 22.8. The summed E-state index contributed by atoms with van der Waals surface area (Å²) in [6.07, 6.45) is 0.620. The minimum Gasteiger partial charge on any atom is -0.481 e. The van der Waals surface area contributed by atoms with Gasteiger partial charge in [-0.3, -0.25) is 9.69 Å². The number of benzene rings is 1. The first-order chi connectivity index (χ1) is 11.1. The van der Waals surface area contributed by atoms with Crippen LogP contribution in [0.3, 0.4) is 0 Å². The van der Waals surface area contributed by atoms with E-state index in [9.17, 15) is 4.79 Å². The highest BCUT2D eigenvalue weighted by Gasteiger charge is 2.33. The molecule has 0 spiro atoms. The van der Waals surface area contributed by atoms with Crippen molar-refractivity contribution in [2.24, 2.45) is 0 Å². The third-order valence-electron chi connectivity index (χ3n) is 4.62. The molecule has 2 saturated heterocycles. The smallest absolute Gasteiger partial charge is 0.263 e. The van der Waals surface area contributed by atoms with Crippen molar-refractivity contribution in [2.45, 2.75) is 25.5 Å². The van der Waals surface area contributed by atoms with Crippen molar-refractivity contribution in [3.05, 3.63) is 28.7 Å². The van der Waals surface area contributed by atoms with Crippen molar-refractivity contribution in [2.75, 3.05) is 39.3 Å². The summed E-state index contributed by atoms with van der Waals surface area (Å²) in [5.41, 5.74) is 0. The number of piperazine rings is 1. The van der Waals surface area contributed by atoms with Gasteiger partial charge in [-0.2, -0.15) is 0 Å². The first-order valence-corrected chi connectivity index (χ1v) is 9.08. The summed E-state index contributed by atoms with van der Waals surface area (Å²) < 4.78 is 6.79. The molecular formula is C17H25BrClN3O2. The zero-order valence-corrected chi connectivity index (χ0v) is 16.3. The van der Waals surface area contributed by atoms with Crippen LogP contribution in [0.25, 0.3) is 0 Å². The summed E-state index contributed by atoms with van der Waals surface area (Å²) in [4.78, 5) is 17.1. The number of likely N-dealkylation sites (tertiary alicyclic amines) is 1. The van der Waals surface area contributed by atoms with Gasteiger partial charge in [0.25, 0.3) is 5.91 Å². The molecule has 2 unspecified atom stereocenters. The molecule has 2 aliphatic rings. The molecule has 2 atom stereocenters. The average molecular weight is 419 g/mol. The lowest BCUT2D eigenvalue weighted by Crippen LogP contribution is -2.50. The lowest BCUT2D eigenvalue weighted by atomic mass is 10.2. The fourth-order valence-corrected chi connectivity index (χ4v) is 3.58. The summed E-state index contributed by atoms with van der Waals surface area (Å²) in [5, 5.41) is 3.38. The number of carbonyl (C=O) groups excluding carboxylic acids is 1. The van der Waals surface area contributed by atoms with Gasteiger partial charge in [0.05, 0.1) is 0 Å². The highest BCUT2D eigenvalue weighted by molar-refractivity contribution is 9.10. The molecule has 1 aromatic rings. The Balaban J connectivity index is 0.00000208. The molecule has 0 radical (unpaired) electrons. The van der Waals surface area contributed by atoms with Gasteiger partial charge in [-0.25, -0.2) is 0 Å². The second kappa shape index (κ2) is 9.04. The van der Waals surface area contributed by atoms with E-state index in [1.165, 1.54) is 0 Å². The molecule has 24 heavy (non-hydrogen) atoms. The van der Waals surface area contributed by atoms with Crippen molar-refractivity contribution in [1.82, 2.24) is 15.1 Å². The molecular weight excluding hydrogens is 394 g/mol. The maximum atomic E-state index is 12.6. The molecule has 0 saturated carbocycles. The summed E-state index contributed by atoms with van der Waals surface area (Å²) in [6, 6.07) is 8.09. The van der Waals surface area contributed by atoms with Crippen molar-refractivity contribution in [3.63, 3.8) is 0 Å². The number of halogens is 2. The SMILES string of the molecule is CC(Oc1ccc(Br)cc1)C(=O)N1CCC(N2CCNCC2)C1.Cl. The van der Waals surface area contributed by atoms with Crippen LogP contribution in [0.5, 0.6) is 5.75 Å². The molecule has 1 N–H and O–H groups in total. The third kappa shape index (κ3) is 4.85. The highest BCUT2D eigenvalue weighted by Crippen LogP contribution is 2.20. The second-order valence-corrected chi connectivity index (χ2v) is 7.14. The molecule has 2 fully saturated rings. The number of hydrogen-bond acceptors (Lipinski definition) is 4. The van der Waals surface area contributed by atoms with Gasteiger partial charge >= 0.3 is 0 Å². The van der Waals surface area contributed by atoms with E-state index in [0.29, 0.717) is 6.04 Å². The van der Waals surface area contributed by atoms with Gasteiger partial charge in [0, 0.05) is 49.8 Å². The molecule has 0 aromatic heterocycles. The maximum Gasteiger partial charge on any atom is 0.263 e.